The Hall–Kier alpha value is -1.36. The predicted molar refractivity (Wildman–Crippen MR) is 94.4 cm³/mol. The standard InChI is InChI=1S/C16H11BrCl2N2O/c1-2-13-9-7-12(19)10(17)8-15(9)21(16(22)20-13)14-6-4-3-5-11(14)18/h3-8H,2H2,1H3. The number of benzene rings is 2. The fraction of sp³-hybridized carbons (Fsp3) is 0.125. The molecule has 0 spiro atoms. The van der Waals surface area contributed by atoms with E-state index in [1.54, 1.807) is 12.1 Å². The van der Waals surface area contributed by atoms with Crippen LogP contribution in [0.15, 0.2) is 45.7 Å². The van der Waals surface area contributed by atoms with Crippen molar-refractivity contribution in [2.24, 2.45) is 0 Å². The maximum atomic E-state index is 12.5. The molecule has 0 aliphatic carbocycles. The molecule has 0 atom stereocenters. The monoisotopic (exact) mass is 396 g/mol. The second-order valence-electron chi connectivity index (χ2n) is 4.76. The van der Waals surface area contributed by atoms with Gasteiger partial charge in [0.05, 0.1) is 26.9 Å². The molecule has 6 heteroatoms. The second-order valence-corrected chi connectivity index (χ2v) is 6.43. The molecule has 3 aromatic rings. The van der Waals surface area contributed by atoms with E-state index in [0.29, 0.717) is 22.2 Å². The zero-order valence-electron chi connectivity index (χ0n) is 11.6. The summed E-state index contributed by atoms with van der Waals surface area (Å²) in [7, 11) is 0. The first kappa shape index (κ1) is 15.5. The van der Waals surface area contributed by atoms with Crippen molar-refractivity contribution in [2.45, 2.75) is 13.3 Å². The number of aromatic nitrogens is 2. The Morgan fingerprint density at radius 1 is 1.18 bits per heavy atom. The molecular weight excluding hydrogens is 387 g/mol. The highest BCUT2D eigenvalue weighted by molar-refractivity contribution is 9.10. The van der Waals surface area contributed by atoms with Crippen LogP contribution >= 0.6 is 39.1 Å². The lowest BCUT2D eigenvalue weighted by Gasteiger charge is -2.14. The van der Waals surface area contributed by atoms with Gasteiger partial charge in [0.25, 0.3) is 0 Å². The van der Waals surface area contributed by atoms with Gasteiger partial charge in [-0.3, -0.25) is 4.57 Å². The molecule has 0 aliphatic heterocycles. The Labute approximate surface area is 145 Å². The molecule has 3 rings (SSSR count). The van der Waals surface area contributed by atoms with Crippen molar-refractivity contribution >= 4 is 50.0 Å². The van der Waals surface area contributed by atoms with Crippen molar-refractivity contribution in [2.75, 3.05) is 0 Å². The van der Waals surface area contributed by atoms with Crippen molar-refractivity contribution in [1.82, 2.24) is 9.55 Å². The van der Waals surface area contributed by atoms with Crippen molar-refractivity contribution in [3.05, 3.63) is 67.1 Å². The van der Waals surface area contributed by atoms with Crippen LogP contribution in [0, 0.1) is 0 Å². The molecule has 0 saturated carbocycles. The van der Waals surface area contributed by atoms with Crippen LogP contribution in [0.25, 0.3) is 16.6 Å². The molecule has 0 saturated heterocycles. The minimum absolute atomic E-state index is 0.355. The molecular formula is C16H11BrCl2N2O. The van der Waals surface area contributed by atoms with Gasteiger partial charge in [0.2, 0.25) is 0 Å². The quantitative estimate of drug-likeness (QED) is 0.608. The topological polar surface area (TPSA) is 34.9 Å². The van der Waals surface area contributed by atoms with Crippen LogP contribution in [-0.2, 0) is 6.42 Å². The third-order valence-corrected chi connectivity index (χ3v) is 4.96. The van der Waals surface area contributed by atoms with Gasteiger partial charge in [0, 0.05) is 9.86 Å². The van der Waals surface area contributed by atoms with Crippen LogP contribution in [0.1, 0.15) is 12.6 Å². The fourth-order valence-electron chi connectivity index (χ4n) is 2.42. The van der Waals surface area contributed by atoms with Crippen molar-refractivity contribution in [1.29, 1.82) is 0 Å². The Kier molecular flexibility index (Phi) is 4.26. The molecule has 3 nitrogen and oxygen atoms in total. The van der Waals surface area contributed by atoms with Gasteiger partial charge in [-0.15, -0.1) is 0 Å². The van der Waals surface area contributed by atoms with Gasteiger partial charge in [0.15, 0.2) is 0 Å². The van der Waals surface area contributed by atoms with E-state index >= 15 is 0 Å². The number of hydrogen-bond donors (Lipinski definition) is 0. The molecule has 22 heavy (non-hydrogen) atoms. The minimum atomic E-state index is -0.355. The van der Waals surface area contributed by atoms with Gasteiger partial charge < -0.3 is 0 Å². The Morgan fingerprint density at radius 2 is 1.91 bits per heavy atom. The molecule has 0 aliphatic rings. The number of aryl methyl sites for hydroxylation is 1. The first-order valence-electron chi connectivity index (χ1n) is 6.68. The molecule has 2 aromatic carbocycles. The highest BCUT2D eigenvalue weighted by atomic mass is 79.9. The van der Waals surface area contributed by atoms with E-state index in [4.69, 9.17) is 23.2 Å². The van der Waals surface area contributed by atoms with Crippen LogP contribution in [0.2, 0.25) is 10.0 Å². The Bertz CT molecular complexity index is 937. The number of halogens is 3. The van der Waals surface area contributed by atoms with Crippen molar-refractivity contribution in [3.63, 3.8) is 0 Å². The molecule has 0 amide bonds. The minimum Gasteiger partial charge on any atom is -0.259 e. The van der Waals surface area contributed by atoms with Crippen molar-refractivity contribution < 1.29 is 0 Å². The van der Waals surface area contributed by atoms with Crippen LogP contribution in [-0.4, -0.2) is 9.55 Å². The largest absolute Gasteiger partial charge is 0.352 e. The fourth-order valence-corrected chi connectivity index (χ4v) is 3.13. The summed E-state index contributed by atoms with van der Waals surface area (Å²) in [6.07, 6.45) is 0.646. The number of rotatable bonds is 2. The normalized spacial score (nSPS) is 11.1. The Morgan fingerprint density at radius 3 is 2.59 bits per heavy atom. The third kappa shape index (κ3) is 2.56. The van der Waals surface area contributed by atoms with E-state index in [9.17, 15) is 4.79 Å². The van der Waals surface area contributed by atoms with Gasteiger partial charge in [-0.1, -0.05) is 42.3 Å². The van der Waals surface area contributed by atoms with Crippen LogP contribution < -0.4 is 5.69 Å². The number of fused-ring (bicyclic) bond motifs is 1. The third-order valence-electron chi connectivity index (χ3n) is 3.44. The lowest BCUT2D eigenvalue weighted by Crippen LogP contribution is -2.23. The van der Waals surface area contributed by atoms with E-state index in [-0.39, 0.29) is 5.69 Å². The molecule has 1 heterocycles. The summed E-state index contributed by atoms with van der Waals surface area (Å²) in [5.74, 6) is 0. The summed E-state index contributed by atoms with van der Waals surface area (Å²) in [6.45, 7) is 1.96. The first-order valence-corrected chi connectivity index (χ1v) is 8.23. The highest BCUT2D eigenvalue weighted by Crippen LogP contribution is 2.31. The SMILES string of the molecule is CCc1nc(=O)n(-c2ccccc2Cl)c2cc(Br)c(Cl)cc12. The highest BCUT2D eigenvalue weighted by Gasteiger charge is 2.14. The van der Waals surface area contributed by atoms with Crippen LogP contribution in [0.3, 0.4) is 0 Å². The van der Waals surface area contributed by atoms with Crippen molar-refractivity contribution in [3.8, 4) is 5.69 Å². The van der Waals surface area contributed by atoms with Gasteiger partial charge in [-0.05, 0) is 46.6 Å². The summed E-state index contributed by atoms with van der Waals surface area (Å²) in [4.78, 5) is 16.7. The zero-order valence-corrected chi connectivity index (χ0v) is 14.7. The molecule has 112 valence electrons. The molecule has 1 aromatic heterocycles. The van der Waals surface area contributed by atoms with E-state index in [1.807, 2.05) is 31.2 Å². The Balaban J connectivity index is 2.50. The first-order chi connectivity index (χ1) is 10.5. The predicted octanol–water partition coefficient (Wildman–Crippen LogP) is 5.02. The maximum absolute atomic E-state index is 12.5. The van der Waals surface area contributed by atoms with Crippen LogP contribution in [0.4, 0.5) is 0 Å². The molecule has 0 fully saturated rings. The summed E-state index contributed by atoms with van der Waals surface area (Å²) in [5.41, 5.74) is 1.69. The average molecular weight is 398 g/mol. The van der Waals surface area contributed by atoms with E-state index in [0.717, 1.165) is 21.1 Å². The molecule has 0 radical (unpaired) electrons. The lowest BCUT2D eigenvalue weighted by atomic mass is 10.1. The second kappa shape index (κ2) is 6.03. The van der Waals surface area contributed by atoms with Gasteiger partial charge in [-0.25, -0.2) is 4.79 Å². The van der Waals surface area contributed by atoms with Gasteiger partial charge in [-0.2, -0.15) is 4.98 Å². The summed E-state index contributed by atoms with van der Waals surface area (Å²) >= 11 is 15.9. The van der Waals surface area contributed by atoms with Gasteiger partial charge in [0.1, 0.15) is 0 Å². The summed E-state index contributed by atoms with van der Waals surface area (Å²) in [6, 6.07) is 10.8. The van der Waals surface area contributed by atoms with Gasteiger partial charge >= 0.3 is 5.69 Å². The average Bonchev–Trinajstić information content (AvgIpc) is 2.50. The molecule has 0 N–H and O–H groups in total. The molecule has 0 unspecified atom stereocenters. The van der Waals surface area contributed by atoms with E-state index < -0.39 is 0 Å². The number of hydrogen-bond acceptors (Lipinski definition) is 2. The number of para-hydroxylation sites is 1. The summed E-state index contributed by atoms with van der Waals surface area (Å²) in [5, 5.41) is 1.91. The number of nitrogens with zero attached hydrogens (tertiary/aromatic N) is 2. The zero-order chi connectivity index (χ0) is 15.9. The smallest absolute Gasteiger partial charge is 0.259 e. The van der Waals surface area contributed by atoms with Crippen LogP contribution in [0.5, 0.6) is 0 Å². The summed E-state index contributed by atoms with van der Waals surface area (Å²) < 4.78 is 2.23. The maximum Gasteiger partial charge on any atom is 0.352 e. The van der Waals surface area contributed by atoms with E-state index in [2.05, 4.69) is 20.9 Å². The lowest BCUT2D eigenvalue weighted by molar-refractivity contribution is 0.910. The van der Waals surface area contributed by atoms with E-state index in [1.165, 1.54) is 4.57 Å². The molecule has 0 bridgehead atoms.